The largest absolute Gasteiger partial charge is 0.474 e. The zero-order valence-corrected chi connectivity index (χ0v) is 18.1. The molecule has 0 spiro atoms. The second-order valence-corrected chi connectivity index (χ2v) is 8.53. The molecule has 1 fully saturated rings. The number of likely N-dealkylation sites (tertiary alicyclic amines) is 1. The van der Waals surface area contributed by atoms with E-state index in [9.17, 15) is 4.79 Å². The van der Waals surface area contributed by atoms with Crippen molar-refractivity contribution in [1.82, 2.24) is 24.4 Å². The monoisotopic (exact) mass is 421 g/mol. The van der Waals surface area contributed by atoms with Crippen molar-refractivity contribution < 1.29 is 14.3 Å². The Labute approximate surface area is 181 Å². The van der Waals surface area contributed by atoms with E-state index in [0.29, 0.717) is 24.8 Å². The second-order valence-electron chi connectivity index (χ2n) is 8.53. The predicted octanol–water partition coefficient (Wildman–Crippen LogP) is 4.11. The van der Waals surface area contributed by atoms with Crippen LogP contribution in [0.5, 0.6) is 5.88 Å². The maximum atomic E-state index is 12.2. The molecule has 162 valence electrons. The van der Waals surface area contributed by atoms with Gasteiger partial charge in [-0.15, -0.1) is 0 Å². The van der Waals surface area contributed by atoms with Crippen LogP contribution in [0.3, 0.4) is 0 Å². The van der Waals surface area contributed by atoms with Gasteiger partial charge in [0.2, 0.25) is 5.88 Å². The van der Waals surface area contributed by atoms with Gasteiger partial charge in [0.05, 0.1) is 5.69 Å². The third-order valence-electron chi connectivity index (χ3n) is 4.93. The molecule has 0 bridgehead atoms. The number of imidazole rings is 1. The number of aromatic nitrogens is 4. The average Bonchev–Trinajstić information content (AvgIpc) is 3.24. The Hall–Kier alpha value is -3.42. The van der Waals surface area contributed by atoms with E-state index in [1.54, 1.807) is 17.3 Å². The van der Waals surface area contributed by atoms with Gasteiger partial charge in [0.1, 0.15) is 30.2 Å². The molecule has 3 heterocycles. The van der Waals surface area contributed by atoms with Gasteiger partial charge in [-0.2, -0.15) is 0 Å². The molecule has 0 N–H and O–H groups in total. The smallest absolute Gasteiger partial charge is 0.410 e. The number of hydrogen-bond acceptors (Lipinski definition) is 6. The summed E-state index contributed by atoms with van der Waals surface area (Å²) in [5, 5.41) is 0. The summed E-state index contributed by atoms with van der Waals surface area (Å²) in [6.07, 6.45) is 6.31. The molecule has 4 rings (SSSR count). The van der Waals surface area contributed by atoms with Crippen molar-refractivity contribution in [2.45, 2.75) is 45.3 Å². The normalized spacial score (nSPS) is 15.0. The van der Waals surface area contributed by atoms with E-state index in [1.807, 2.05) is 61.9 Å². The van der Waals surface area contributed by atoms with E-state index in [-0.39, 0.29) is 12.2 Å². The topological polar surface area (TPSA) is 82.4 Å². The third-order valence-corrected chi connectivity index (χ3v) is 4.93. The Kier molecular flexibility index (Phi) is 5.88. The molecule has 8 heteroatoms. The lowest BCUT2D eigenvalue weighted by Crippen LogP contribution is -2.44. The minimum Gasteiger partial charge on any atom is -0.474 e. The highest BCUT2D eigenvalue weighted by molar-refractivity contribution is 5.68. The molecule has 3 aromatic rings. The molecule has 0 aliphatic carbocycles. The van der Waals surface area contributed by atoms with E-state index in [2.05, 4.69) is 15.0 Å². The zero-order valence-electron chi connectivity index (χ0n) is 18.1. The van der Waals surface area contributed by atoms with Crippen LogP contribution in [0.25, 0.3) is 17.1 Å². The Bertz CT molecular complexity index is 1020. The van der Waals surface area contributed by atoms with Crippen molar-refractivity contribution in [1.29, 1.82) is 0 Å². The van der Waals surface area contributed by atoms with Crippen LogP contribution in [-0.4, -0.2) is 55.3 Å². The average molecular weight is 422 g/mol. The van der Waals surface area contributed by atoms with Crippen molar-refractivity contribution >= 4 is 6.09 Å². The number of carbonyl (C=O) groups is 1. The number of rotatable bonds is 4. The van der Waals surface area contributed by atoms with E-state index in [4.69, 9.17) is 9.47 Å². The fourth-order valence-electron chi connectivity index (χ4n) is 3.40. The second kappa shape index (κ2) is 8.75. The summed E-state index contributed by atoms with van der Waals surface area (Å²) in [5.74, 6) is 1.20. The lowest BCUT2D eigenvalue weighted by atomic mass is 10.1. The highest BCUT2D eigenvalue weighted by Gasteiger charge is 2.27. The molecule has 1 aliphatic rings. The van der Waals surface area contributed by atoms with Gasteiger partial charge < -0.3 is 14.4 Å². The minimum absolute atomic E-state index is 0.0101. The summed E-state index contributed by atoms with van der Waals surface area (Å²) in [7, 11) is 0. The van der Waals surface area contributed by atoms with Gasteiger partial charge in [0, 0.05) is 43.8 Å². The summed E-state index contributed by atoms with van der Waals surface area (Å²) in [6.45, 7) is 6.81. The van der Waals surface area contributed by atoms with Crippen LogP contribution in [0.4, 0.5) is 4.79 Å². The third kappa shape index (κ3) is 5.39. The fraction of sp³-hybridized carbons (Fsp3) is 0.391. The van der Waals surface area contributed by atoms with Crippen LogP contribution in [0, 0.1) is 0 Å². The predicted molar refractivity (Wildman–Crippen MR) is 116 cm³/mol. The maximum absolute atomic E-state index is 12.2. The van der Waals surface area contributed by atoms with Crippen molar-refractivity contribution in [3.8, 4) is 23.0 Å². The Morgan fingerprint density at radius 2 is 1.81 bits per heavy atom. The first-order chi connectivity index (χ1) is 14.9. The molecule has 1 aliphatic heterocycles. The van der Waals surface area contributed by atoms with Gasteiger partial charge in [-0.05, 0) is 20.8 Å². The molecule has 2 aromatic heterocycles. The quantitative estimate of drug-likeness (QED) is 0.631. The first kappa shape index (κ1) is 20.8. The Balaban J connectivity index is 1.37. The van der Waals surface area contributed by atoms with Crippen LogP contribution in [0.1, 0.15) is 33.6 Å². The molecular formula is C23H27N5O3. The standard InChI is InChI=1S/C23H27N5O3/c1-23(2,3)31-22(29)27-11-9-18(10-12-27)30-21-13-20(24-15-25-21)28-14-19(26-16-28)17-7-5-4-6-8-17/h4-8,13-16,18H,9-12H2,1-3H3. The van der Waals surface area contributed by atoms with Crippen molar-refractivity contribution in [2.24, 2.45) is 0 Å². The molecule has 0 atom stereocenters. The molecule has 1 aromatic carbocycles. The van der Waals surface area contributed by atoms with Gasteiger partial charge in [-0.25, -0.2) is 19.7 Å². The number of hydrogen-bond donors (Lipinski definition) is 0. The van der Waals surface area contributed by atoms with E-state index < -0.39 is 5.60 Å². The van der Waals surface area contributed by atoms with Crippen molar-refractivity contribution in [2.75, 3.05) is 13.1 Å². The lowest BCUT2D eigenvalue weighted by Gasteiger charge is -2.33. The molecule has 8 nitrogen and oxygen atoms in total. The molecule has 0 saturated carbocycles. The zero-order chi connectivity index (χ0) is 21.8. The summed E-state index contributed by atoms with van der Waals surface area (Å²) in [4.78, 5) is 27.0. The first-order valence-corrected chi connectivity index (χ1v) is 10.4. The fourth-order valence-corrected chi connectivity index (χ4v) is 3.40. The van der Waals surface area contributed by atoms with Crippen molar-refractivity contribution in [3.63, 3.8) is 0 Å². The highest BCUT2D eigenvalue weighted by Crippen LogP contribution is 2.22. The molecule has 1 amide bonds. The lowest BCUT2D eigenvalue weighted by molar-refractivity contribution is 0.0123. The molecule has 0 radical (unpaired) electrons. The van der Waals surface area contributed by atoms with Gasteiger partial charge in [-0.1, -0.05) is 30.3 Å². The molecule has 0 unspecified atom stereocenters. The maximum Gasteiger partial charge on any atom is 0.410 e. The summed E-state index contributed by atoms with van der Waals surface area (Å²) < 4.78 is 13.4. The van der Waals surface area contributed by atoms with E-state index in [0.717, 1.165) is 24.1 Å². The Morgan fingerprint density at radius 3 is 2.52 bits per heavy atom. The number of amides is 1. The summed E-state index contributed by atoms with van der Waals surface area (Å²) >= 11 is 0. The van der Waals surface area contributed by atoms with Gasteiger partial charge >= 0.3 is 6.09 Å². The first-order valence-electron chi connectivity index (χ1n) is 10.4. The number of piperidine rings is 1. The van der Waals surface area contributed by atoms with Crippen LogP contribution < -0.4 is 4.74 Å². The summed E-state index contributed by atoms with van der Waals surface area (Å²) in [5.41, 5.74) is 1.43. The number of benzene rings is 1. The SMILES string of the molecule is CC(C)(C)OC(=O)N1CCC(Oc2cc(-n3cnc(-c4ccccc4)c3)ncn2)CC1. The van der Waals surface area contributed by atoms with Gasteiger partial charge in [-0.3, -0.25) is 4.57 Å². The molecule has 31 heavy (non-hydrogen) atoms. The number of carbonyl (C=O) groups excluding carboxylic acids is 1. The molecular weight excluding hydrogens is 394 g/mol. The van der Waals surface area contributed by atoms with Crippen LogP contribution >= 0.6 is 0 Å². The highest BCUT2D eigenvalue weighted by atomic mass is 16.6. The van der Waals surface area contributed by atoms with Gasteiger partial charge in [0.25, 0.3) is 0 Å². The summed E-state index contributed by atoms with van der Waals surface area (Å²) in [6, 6.07) is 11.8. The Morgan fingerprint density at radius 1 is 1.06 bits per heavy atom. The van der Waals surface area contributed by atoms with E-state index in [1.165, 1.54) is 6.33 Å². The molecule has 1 saturated heterocycles. The van der Waals surface area contributed by atoms with E-state index >= 15 is 0 Å². The number of ether oxygens (including phenoxy) is 2. The number of nitrogens with zero attached hydrogens (tertiary/aromatic N) is 5. The van der Waals surface area contributed by atoms with Crippen molar-refractivity contribution in [3.05, 3.63) is 55.2 Å². The van der Waals surface area contributed by atoms with Crippen LogP contribution in [-0.2, 0) is 4.74 Å². The van der Waals surface area contributed by atoms with Gasteiger partial charge in [0.15, 0.2) is 0 Å². The van der Waals surface area contributed by atoms with Crippen LogP contribution in [0.2, 0.25) is 0 Å². The minimum atomic E-state index is -0.491. The van der Waals surface area contributed by atoms with Crippen LogP contribution in [0.15, 0.2) is 55.2 Å².